The number of anilines is 1. The monoisotopic (exact) mass is 472 g/mol. The minimum absolute atomic E-state index is 0.0788. The van der Waals surface area contributed by atoms with Crippen LogP contribution >= 0.6 is 0 Å². The first kappa shape index (κ1) is 24.3. The number of aryl methyl sites for hydroxylation is 1. The van der Waals surface area contributed by atoms with Crippen molar-refractivity contribution < 1.29 is 9.59 Å². The lowest BCUT2D eigenvalue weighted by molar-refractivity contribution is 0.0958. The minimum Gasteiger partial charge on any atom is -0.354 e. The van der Waals surface area contributed by atoms with Crippen LogP contribution in [0.25, 0.3) is 22.4 Å². The number of likely N-dealkylation sites (tertiary alicyclic amines) is 1. The molecule has 0 saturated carbocycles. The van der Waals surface area contributed by atoms with Crippen LogP contribution in [0, 0.1) is 18.3 Å². The Morgan fingerprint density at radius 1 is 1.09 bits per heavy atom. The van der Waals surface area contributed by atoms with Crippen LogP contribution in [0.2, 0.25) is 0 Å². The summed E-state index contributed by atoms with van der Waals surface area (Å²) in [5.74, 6) is 0.247. The van der Waals surface area contributed by atoms with E-state index in [0.29, 0.717) is 23.0 Å². The Bertz CT molecular complexity index is 1250. The number of carbonyl (C=O) groups is 2. The number of urea groups is 1. The summed E-state index contributed by atoms with van der Waals surface area (Å²) in [6.45, 7) is 10.2. The van der Waals surface area contributed by atoms with Gasteiger partial charge < -0.3 is 15.5 Å². The maximum atomic E-state index is 12.9. The van der Waals surface area contributed by atoms with Crippen molar-refractivity contribution in [1.29, 1.82) is 0 Å². The summed E-state index contributed by atoms with van der Waals surface area (Å²) in [5.41, 5.74) is 5.46. The van der Waals surface area contributed by atoms with Gasteiger partial charge >= 0.3 is 6.03 Å². The summed E-state index contributed by atoms with van der Waals surface area (Å²) < 4.78 is 0. The highest BCUT2D eigenvalue weighted by molar-refractivity contribution is 5.93. The molecule has 1 aromatic carbocycles. The summed E-state index contributed by atoms with van der Waals surface area (Å²) >= 11 is 0. The van der Waals surface area contributed by atoms with Gasteiger partial charge in [0.15, 0.2) is 0 Å². The third-order valence-corrected chi connectivity index (χ3v) is 6.67. The zero-order valence-electron chi connectivity index (χ0n) is 20.9. The van der Waals surface area contributed by atoms with E-state index in [2.05, 4.69) is 46.6 Å². The molecule has 1 saturated heterocycles. The molecule has 35 heavy (non-hydrogen) atoms. The highest BCUT2D eigenvalue weighted by Gasteiger charge is 2.33. The van der Waals surface area contributed by atoms with Crippen molar-refractivity contribution in [2.24, 2.45) is 11.3 Å². The van der Waals surface area contributed by atoms with Crippen molar-refractivity contribution in [3.05, 3.63) is 60.0 Å². The molecule has 3 heterocycles. The molecular weight excluding hydrogens is 440 g/mol. The van der Waals surface area contributed by atoms with Gasteiger partial charge in [0.25, 0.3) is 5.91 Å². The van der Waals surface area contributed by atoms with Crippen molar-refractivity contribution in [2.45, 2.75) is 34.1 Å². The molecule has 8 heteroatoms. The molecule has 8 nitrogen and oxygen atoms in total. The van der Waals surface area contributed by atoms with Gasteiger partial charge in [0.2, 0.25) is 0 Å². The SMILES string of the molecule is CNC(=O)c1cc(-c2cnnc(-c3cc(NC(=O)N4CCC(C(C)(C)C)C4)ccc3C)c2)ccn1. The van der Waals surface area contributed by atoms with E-state index < -0.39 is 0 Å². The van der Waals surface area contributed by atoms with Gasteiger partial charge in [0, 0.05) is 43.1 Å². The molecule has 1 atom stereocenters. The Kier molecular flexibility index (Phi) is 6.82. The van der Waals surface area contributed by atoms with Gasteiger partial charge in [-0.25, -0.2) is 4.79 Å². The van der Waals surface area contributed by atoms with Crippen molar-refractivity contribution >= 4 is 17.6 Å². The molecular formula is C27H32N6O2. The van der Waals surface area contributed by atoms with E-state index in [1.165, 1.54) is 0 Å². The number of carbonyl (C=O) groups excluding carboxylic acids is 2. The van der Waals surface area contributed by atoms with E-state index >= 15 is 0 Å². The number of benzene rings is 1. The summed E-state index contributed by atoms with van der Waals surface area (Å²) in [6, 6.07) is 11.2. The summed E-state index contributed by atoms with van der Waals surface area (Å²) in [5, 5.41) is 14.2. The van der Waals surface area contributed by atoms with Crippen LogP contribution in [0.15, 0.2) is 48.8 Å². The van der Waals surface area contributed by atoms with Gasteiger partial charge in [-0.1, -0.05) is 26.8 Å². The number of amides is 3. The molecule has 1 unspecified atom stereocenters. The normalized spacial score (nSPS) is 15.7. The molecule has 3 aromatic rings. The number of aromatic nitrogens is 3. The second-order valence-corrected chi connectivity index (χ2v) is 10.1. The third kappa shape index (κ3) is 5.48. The highest BCUT2D eigenvalue weighted by atomic mass is 16.2. The summed E-state index contributed by atoms with van der Waals surface area (Å²) in [7, 11) is 1.57. The largest absolute Gasteiger partial charge is 0.354 e. The van der Waals surface area contributed by atoms with E-state index in [9.17, 15) is 9.59 Å². The van der Waals surface area contributed by atoms with E-state index in [1.54, 1.807) is 25.5 Å². The van der Waals surface area contributed by atoms with Crippen LogP contribution < -0.4 is 10.6 Å². The Hall–Kier alpha value is -3.81. The second kappa shape index (κ2) is 9.82. The van der Waals surface area contributed by atoms with Gasteiger partial charge in [-0.2, -0.15) is 10.2 Å². The predicted octanol–water partition coefficient (Wildman–Crippen LogP) is 4.77. The molecule has 0 aliphatic carbocycles. The average molecular weight is 473 g/mol. The predicted molar refractivity (Wildman–Crippen MR) is 137 cm³/mol. The molecule has 2 aromatic heterocycles. The van der Waals surface area contributed by atoms with Crippen LogP contribution in [-0.2, 0) is 0 Å². The van der Waals surface area contributed by atoms with Gasteiger partial charge in [-0.05, 0) is 66.1 Å². The Morgan fingerprint density at radius 2 is 1.89 bits per heavy atom. The first-order chi connectivity index (χ1) is 16.7. The minimum atomic E-state index is -0.250. The van der Waals surface area contributed by atoms with Gasteiger partial charge in [-0.15, -0.1) is 0 Å². The van der Waals surface area contributed by atoms with Crippen molar-refractivity contribution in [2.75, 3.05) is 25.5 Å². The van der Waals surface area contributed by atoms with Gasteiger partial charge in [0.05, 0.1) is 11.9 Å². The van der Waals surface area contributed by atoms with E-state index in [-0.39, 0.29) is 17.4 Å². The average Bonchev–Trinajstić information content (AvgIpc) is 3.36. The maximum absolute atomic E-state index is 12.9. The third-order valence-electron chi connectivity index (χ3n) is 6.67. The van der Waals surface area contributed by atoms with Crippen LogP contribution in [0.4, 0.5) is 10.5 Å². The molecule has 1 fully saturated rings. The lowest BCUT2D eigenvalue weighted by Gasteiger charge is -2.27. The van der Waals surface area contributed by atoms with E-state index in [0.717, 1.165) is 41.8 Å². The number of rotatable bonds is 4. The fourth-order valence-corrected chi connectivity index (χ4v) is 4.35. The molecule has 182 valence electrons. The number of hydrogen-bond acceptors (Lipinski definition) is 5. The van der Waals surface area contributed by atoms with Crippen LogP contribution in [0.1, 0.15) is 43.2 Å². The Morgan fingerprint density at radius 3 is 2.60 bits per heavy atom. The Labute approximate surface area is 206 Å². The number of pyridine rings is 1. The van der Waals surface area contributed by atoms with E-state index in [1.807, 2.05) is 42.2 Å². The molecule has 1 aliphatic rings. The molecule has 0 bridgehead atoms. The van der Waals surface area contributed by atoms with Crippen molar-refractivity contribution in [1.82, 2.24) is 25.4 Å². The smallest absolute Gasteiger partial charge is 0.321 e. The fraction of sp³-hybridized carbons (Fsp3) is 0.370. The highest BCUT2D eigenvalue weighted by Crippen LogP contribution is 2.34. The molecule has 3 amide bonds. The summed E-state index contributed by atoms with van der Waals surface area (Å²) in [6.07, 6.45) is 4.28. The Balaban J connectivity index is 1.56. The molecule has 2 N–H and O–H groups in total. The quantitative estimate of drug-likeness (QED) is 0.570. The van der Waals surface area contributed by atoms with Crippen LogP contribution in [0.3, 0.4) is 0 Å². The second-order valence-electron chi connectivity index (χ2n) is 10.1. The standard InChI is InChI=1S/C27H32N6O2/c1-17-6-7-21(31-26(35)33-11-9-20(16-33)27(2,3)4)14-22(17)23-13-19(15-30-32-23)18-8-10-29-24(12-18)25(34)28-5/h6-8,10,12-15,20H,9,11,16H2,1-5H3,(H,28,34)(H,31,35). The zero-order chi connectivity index (χ0) is 25.2. The first-order valence-corrected chi connectivity index (χ1v) is 11.8. The first-order valence-electron chi connectivity index (χ1n) is 11.8. The van der Waals surface area contributed by atoms with E-state index in [4.69, 9.17) is 0 Å². The van der Waals surface area contributed by atoms with Gasteiger partial charge in [-0.3, -0.25) is 9.78 Å². The van der Waals surface area contributed by atoms with Crippen LogP contribution in [-0.4, -0.2) is 52.2 Å². The topological polar surface area (TPSA) is 100 Å². The number of nitrogens with zero attached hydrogens (tertiary/aromatic N) is 4. The number of hydrogen-bond donors (Lipinski definition) is 2. The van der Waals surface area contributed by atoms with Gasteiger partial charge in [0.1, 0.15) is 5.69 Å². The van der Waals surface area contributed by atoms with Crippen LogP contribution in [0.5, 0.6) is 0 Å². The van der Waals surface area contributed by atoms with Crippen molar-refractivity contribution in [3.8, 4) is 22.4 Å². The maximum Gasteiger partial charge on any atom is 0.321 e. The fourth-order valence-electron chi connectivity index (χ4n) is 4.35. The molecule has 0 radical (unpaired) electrons. The van der Waals surface area contributed by atoms with Crippen molar-refractivity contribution in [3.63, 3.8) is 0 Å². The molecule has 1 aliphatic heterocycles. The number of nitrogens with one attached hydrogen (secondary N) is 2. The molecule has 0 spiro atoms. The zero-order valence-corrected chi connectivity index (χ0v) is 20.9. The lowest BCUT2D eigenvalue weighted by atomic mass is 9.80. The molecule has 4 rings (SSSR count). The lowest BCUT2D eigenvalue weighted by Crippen LogP contribution is -2.34. The summed E-state index contributed by atoms with van der Waals surface area (Å²) in [4.78, 5) is 30.9.